The van der Waals surface area contributed by atoms with Gasteiger partial charge in [0.2, 0.25) is 18.1 Å². The molecule has 0 spiro atoms. The van der Waals surface area contributed by atoms with E-state index in [0.717, 1.165) is 12.1 Å². The van der Waals surface area contributed by atoms with E-state index in [0.29, 0.717) is 11.3 Å². The van der Waals surface area contributed by atoms with Crippen LogP contribution in [-0.2, 0) is 6.42 Å². The fraction of sp³-hybridized carbons (Fsp3) is 0.188. The standard InChI is InChI=1S/C16H12F3N3O/c17-11-6-4-10(5-7-11)12(15(18)19)9-14-21-16(22-23-14)13-3-1-2-8-20-13/h1-8,12,15H,9H2. The van der Waals surface area contributed by atoms with Gasteiger partial charge in [-0.05, 0) is 29.8 Å². The first kappa shape index (κ1) is 15.2. The van der Waals surface area contributed by atoms with Crippen LogP contribution in [0, 0.1) is 5.82 Å². The molecule has 1 aromatic carbocycles. The largest absolute Gasteiger partial charge is 0.339 e. The minimum absolute atomic E-state index is 0.0836. The molecule has 1 atom stereocenters. The quantitative estimate of drug-likeness (QED) is 0.716. The first-order chi connectivity index (χ1) is 11.1. The molecule has 7 heteroatoms. The molecule has 2 aromatic heterocycles. The SMILES string of the molecule is Fc1ccc(C(Cc2nc(-c3ccccn3)no2)C(F)F)cc1. The lowest BCUT2D eigenvalue weighted by atomic mass is 9.96. The number of halogens is 3. The van der Waals surface area contributed by atoms with Crippen LogP contribution in [0.3, 0.4) is 0 Å². The third kappa shape index (κ3) is 3.56. The summed E-state index contributed by atoms with van der Waals surface area (Å²) in [5, 5.41) is 3.75. The van der Waals surface area contributed by atoms with Gasteiger partial charge in [0, 0.05) is 12.6 Å². The van der Waals surface area contributed by atoms with E-state index in [1.165, 1.54) is 12.1 Å². The van der Waals surface area contributed by atoms with Crippen molar-refractivity contribution in [2.75, 3.05) is 0 Å². The Kier molecular flexibility index (Phi) is 4.36. The lowest BCUT2D eigenvalue weighted by Crippen LogP contribution is -2.12. The van der Waals surface area contributed by atoms with E-state index < -0.39 is 18.2 Å². The summed E-state index contributed by atoms with van der Waals surface area (Å²) in [6.07, 6.45) is -1.19. The lowest BCUT2D eigenvalue weighted by Gasteiger charge is -2.14. The molecule has 1 unspecified atom stereocenters. The molecule has 0 aliphatic carbocycles. The van der Waals surface area contributed by atoms with Crippen molar-refractivity contribution in [3.63, 3.8) is 0 Å². The molecule has 0 N–H and O–H groups in total. The average molecular weight is 319 g/mol. The Morgan fingerprint density at radius 3 is 2.48 bits per heavy atom. The van der Waals surface area contributed by atoms with Crippen LogP contribution in [0.4, 0.5) is 13.2 Å². The van der Waals surface area contributed by atoms with Gasteiger partial charge in [0.25, 0.3) is 0 Å². The minimum Gasteiger partial charge on any atom is -0.339 e. The van der Waals surface area contributed by atoms with E-state index in [1.807, 2.05) is 0 Å². The molecule has 0 saturated carbocycles. The van der Waals surface area contributed by atoms with Gasteiger partial charge >= 0.3 is 0 Å². The average Bonchev–Trinajstić information content (AvgIpc) is 3.03. The van der Waals surface area contributed by atoms with Gasteiger partial charge in [-0.15, -0.1) is 0 Å². The molecule has 2 heterocycles. The summed E-state index contributed by atoms with van der Waals surface area (Å²) in [5.74, 6) is -1.29. The summed E-state index contributed by atoms with van der Waals surface area (Å²) in [7, 11) is 0. The van der Waals surface area contributed by atoms with Crippen LogP contribution >= 0.6 is 0 Å². The van der Waals surface area contributed by atoms with E-state index >= 15 is 0 Å². The second kappa shape index (κ2) is 6.60. The van der Waals surface area contributed by atoms with Crippen LogP contribution in [0.5, 0.6) is 0 Å². The number of aromatic nitrogens is 3. The van der Waals surface area contributed by atoms with Crippen molar-refractivity contribution in [2.24, 2.45) is 0 Å². The number of hydrogen-bond donors (Lipinski definition) is 0. The predicted molar refractivity (Wildman–Crippen MR) is 76.4 cm³/mol. The van der Waals surface area contributed by atoms with E-state index in [2.05, 4.69) is 15.1 Å². The third-order valence-corrected chi connectivity index (χ3v) is 3.36. The third-order valence-electron chi connectivity index (χ3n) is 3.36. The van der Waals surface area contributed by atoms with E-state index in [9.17, 15) is 13.2 Å². The van der Waals surface area contributed by atoms with Crippen molar-refractivity contribution in [2.45, 2.75) is 18.8 Å². The minimum atomic E-state index is -2.63. The van der Waals surface area contributed by atoms with E-state index in [1.54, 1.807) is 24.4 Å². The number of alkyl halides is 2. The highest BCUT2D eigenvalue weighted by Gasteiger charge is 2.25. The second-order valence-corrected chi connectivity index (χ2v) is 4.92. The van der Waals surface area contributed by atoms with Crippen molar-refractivity contribution >= 4 is 0 Å². The predicted octanol–water partition coefficient (Wildman–Crippen LogP) is 3.86. The zero-order valence-corrected chi connectivity index (χ0v) is 11.9. The molecule has 118 valence electrons. The number of rotatable bonds is 5. The van der Waals surface area contributed by atoms with Crippen LogP contribution in [-0.4, -0.2) is 21.6 Å². The Morgan fingerprint density at radius 1 is 1.04 bits per heavy atom. The maximum Gasteiger partial charge on any atom is 0.245 e. The van der Waals surface area contributed by atoms with Gasteiger partial charge in [0.15, 0.2) is 0 Å². The Balaban J connectivity index is 1.81. The molecular weight excluding hydrogens is 307 g/mol. The molecular formula is C16H12F3N3O. The molecule has 0 amide bonds. The molecule has 3 rings (SSSR count). The van der Waals surface area contributed by atoms with Gasteiger partial charge in [-0.3, -0.25) is 4.98 Å². The number of pyridine rings is 1. The maximum atomic E-state index is 13.3. The van der Waals surface area contributed by atoms with E-state index in [4.69, 9.17) is 4.52 Å². The summed E-state index contributed by atoms with van der Waals surface area (Å²) in [5.41, 5.74) is 0.817. The van der Waals surface area contributed by atoms with Gasteiger partial charge < -0.3 is 4.52 Å². The highest BCUT2D eigenvalue weighted by Crippen LogP contribution is 2.27. The summed E-state index contributed by atoms with van der Waals surface area (Å²) >= 11 is 0. The first-order valence-electron chi connectivity index (χ1n) is 6.91. The Morgan fingerprint density at radius 2 is 1.83 bits per heavy atom. The second-order valence-electron chi connectivity index (χ2n) is 4.92. The molecule has 3 aromatic rings. The van der Waals surface area contributed by atoms with Crippen molar-refractivity contribution < 1.29 is 17.7 Å². The van der Waals surface area contributed by atoms with Crippen LogP contribution in [0.25, 0.3) is 11.5 Å². The van der Waals surface area contributed by atoms with Crippen molar-refractivity contribution in [3.8, 4) is 11.5 Å². The normalized spacial score (nSPS) is 12.5. The lowest BCUT2D eigenvalue weighted by molar-refractivity contribution is 0.109. The van der Waals surface area contributed by atoms with Crippen molar-refractivity contribution in [3.05, 3.63) is 65.9 Å². The zero-order chi connectivity index (χ0) is 16.2. The van der Waals surface area contributed by atoms with Gasteiger partial charge in [-0.25, -0.2) is 13.2 Å². The molecule has 23 heavy (non-hydrogen) atoms. The van der Waals surface area contributed by atoms with Crippen LogP contribution in [0.15, 0.2) is 53.2 Å². The molecule has 0 aliphatic rings. The van der Waals surface area contributed by atoms with Gasteiger partial charge in [0.1, 0.15) is 11.5 Å². The highest BCUT2D eigenvalue weighted by atomic mass is 19.3. The monoisotopic (exact) mass is 319 g/mol. The Labute approximate surface area is 130 Å². The van der Waals surface area contributed by atoms with E-state index in [-0.39, 0.29) is 18.1 Å². The van der Waals surface area contributed by atoms with Gasteiger partial charge in [-0.1, -0.05) is 23.4 Å². The topological polar surface area (TPSA) is 51.8 Å². The van der Waals surface area contributed by atoms with Gasteiger partial charge in [-0.2, -0.15) is 4.98 Å². The summed E-state index contributed by atoms with van der Waals surface area (Å²) in [4.78, 5) is 8.17. The van der Waals surface area contributed by atoms with Gasteiger partial charge in [0.05, 0.1) is 5.92 Å². The van der Waals surface area contributed by atoms with Crippen LogP contribution in [0.2, 0.25) is 0 Å². The fourth-order valence-electron chi connectivity index (χ4n) is 2.19. The summed E-state index contributed by atoms with van der Waals surface area (Å²) in [6.45, 7) is 0. The van der Waals surface area contributed by atoms with Crippen molar-refractivity contribution in [1.29, 1.82) is 0 Å². The zero-order valence-electron chi connectivity index (χ0n) is 11.9. The smallest absolute Gasteiger partial charge is 0.245 e. The number of hydrogen-bond acceptors (Lipinski definition) is 4. The molecule has 0 saturated heterocycles. The molecule has 0 fully saturated rings. The van der Waals surface area contributed by atoms with Crippen LogP contribution in [0.1, 0.15) is 17.4 Å². The maximum absolute atomic E-state index is 13.3. The number of benzene rings is 1. The highest BCUT2D eigenvalue weighted by molar-refractivity contribution is 5.47. The van der Waals surface area contributed by atoms with Crippen molar-refractivity contribution in [1.82, 2.24) is 15.1 Å². The Hall–Kier alpha value is -2.70. The molecule has 0 bridgehead atoms. The van der Waals surface area contributed by atoms with Crippen LogP contribution < -0.4 is 0 Å². The summed E-state index contributed by atoms with van der Waals surface area (Å²) < 4.78 is 44.6. The summed E-state index contributed by atoms with van der Waals surface area (Å²) in [6, 6.07) is 10.2. The molecule has 0 aliphatic heterocycles. The molecule has 0 radical (unpaired) electrons. The molecule has 4 nitrogen and oxygen atoms in total. The number of nitrogens with zero attached hydrogens (tertiary/aromatic N) is 3. The Bertz CT molecular complexity index is 760. The first-order valence-corrected chi connectivity index (χ1v) is 6.91. The fourth-order valence-corrected chi connectivity index (χ4v) is 2.19.